The molecule has 5 nitrogen and oxygen atoms in total. The lowest BCUT2D eigenvalue weighted by Crippen LogP contribution is -2.41. The minimum absolute atomic E-state index is 0.164. The van der Waals surface area contributed by atoms with Crippen LogP contribution in [0.1, 0.15) is 11.1 Å². The van der Waals surface area contributed by atoms with E-state index < -0.39 is 11.6 Å². The molecule has 2 saturated heterocycles. The summed E-state index contributed by atoms with van der Waals surface area (Å²) < 4.78 is 6.21. The number of hydrogen-bond donors (Lipinski definition) is 0. The molecule has 2 amide bonds. The first kappa shape index (κ1) is 18.9. The Morgan fingerprint density at radius 1 is 0.933 bits per heavy atom. The Balaban J connectivity index is 1.57. The number of methoxy groups -OCH3 is 1. The van der Waals surface area contributed by atoms with Crippen LogP contribution >= 0.6 is 15.9 Å². The molecule has 0 spiro atoms. The monoisotopic (exact) mass is 462 g/mol. The molecule has 3 aromatic rings. The zero-order chi connectivity index (χ0) is 20.9. The molecule has 0 unspecified atom stereocenters. The predicted molar refractivity (Wildman–Crippen MR) is 117 cm³/mol. The van der Waals surface area contributed by atoms with Crippen molar-refractivity contribution in [2.75, 3.05) is 12.0 Å². The Bertz CT molecular complexity index is 1120. The predicted octanol–water partition coefficient (Wildman–Crippen LogP) is 4.11. The highest BCUT2D eigenvalue weighted by Gasteiger charge is 2.79. The van der Waals surface area contributed by atoms with Gasteiger partial charge in [-0.25, -0.2) is 0 Å². The summed E-state index contributed by atoms with van der Waals surface area (Å²) in [4.78, 5) is 30.4. The maximum absolute atomic E-state index is 13.7. The molecule has 2 aliphatic rings. The molecule has 2 fully saturated rings. The zero-order valence-electron chi connectivity index (χ0n) is 16.3. The minimum Gasteiger partial charge on any atom is -0.497 e. The Morgan fingerprint density at radius 2 is 1.60 bits per heavy atom. The van der Waals surface area contributed by atoms with Crippen LogP contribution in [0, 0.1) is 0 Å². The number of hydrogen-bond acceptors (Lipinski definition) is 4. The van der Waals surface area contributed by atoms with E-state index in [1.807, 2.05) is 83.8 Å². The van der Waals surface area contributed by atoms with Gasteiger partial charge in [-0.1, -0.05) is 58.4 Å². The summed E-state index contributed by atoms with van der Waals surface area (Å²) in [6, 6.07) is 24.2. The molecule has 2 aliphatic heterocycles. The molecular weight excluding hydrogens is 444 g/mol. The van der Waals surface area contributed by atoms with Crippen LogP contribution in [0.2, 0.25) is 0 Å². The van der Waals surface area contributed by atoms with Gasteiger partial charge < -0.3 is 9.64 Å². The van der Waals surface area contributed by atoms with Crippen LogP contribution in [0.4, 0.5) is 5.69 Å². The first-order valence-corrected chi connectivity index (χ1v) is 10.5. The molecule has 6 heteroatoms. The third-order valence-electron chi connectivity index (χ3n) is 5.86. The standard InChI is InChI=1S/C24H19BrN2O3/c1-30-20-13-7-17(8-14-20)24-21(27(24)19-11-9-18(25)10-12-19)22(28)26(23(24)29)15-16-5-3-2-4-6-16/h2-14,21H,15H2,1H3/t21-,24-,27?/m1/s1. The van der Waals surface area contributed by atoms with E-state index in [1.165, 1.54) is 4.90 Å². The van der Waals surface area contributed by atoms with Crippen LogP contribution in [0.15, 0.2) is 83.3 Å². The fourth-order valence-corrected chi connectivity index (χ4v) is 4.65. The molecule has 150 valence electrons. The Kier molecular flexibility index (Phi) is 4.40. The van der Waals surface area contributed by atoms with Crippen LogP contribution in [0.3, 0.4) is 0 Å². The number of imide groups is 1. The molecule has 0 saturated carbocycles. The first-order chi connectivity index (χ1) is 14.6. The molecule has 5 rings (SSSR count). The second-order valence-corrected chi connectivity index (χ2v) is 8.37. The number of carbonyl (C=O) groups excluding carboxylic acids is 2. The van der Waals surface area contributed by atoms with Gasteiger partial charge in [-0.05, 0) is 47.5 Å². The lowest BCUT2D eigenvalue weighted by molar-refractivity contribution is -0.141. The number of halogens is 1. The molecule has 0 N–H and O–H groups in total. The number of likely N-dealkylation sites (tertiary alicyclic amines) is 1. The number of rotatable bonds is 5. The molecular formula is C24H19BrN2O3. The van der Waals surface area contributed by atoms with Gasteiger partial charge in [0.15, 0.2) is 5.54 Å². The maximum Gasteiger partial charge on any atom is 0.262 e. The van der Waals surface area contributed by atoms with E-state index in [-0.39, 0.29) is 18.4 Å². The first-order valence-electron chi connectivity index (χ1n) is 9.66. The largest absolute Gasteiger partial charge is 0.497 e. The SMILES string of the molecule is COc1ccc([C@]23C(=O)N(Cc4ccccc4)C(=O)[C@H]2N3c2ccc(Br)cc2)cc1. The number of benzene rings is 3. The Hall–Kier alpha value is -3.12. The van der Waals surface area contributed by atoms with E-state index >= 15 is 0 Å². The van der Waals surface area contributed by atoms with Crippen LogP contribution in [0.5, 0.6) is 5.75 Å². The van der Waals surface area contributed by atoms with Gasteiger partial charge in [0.05, 0.1) is 13.7 Å². The quantitative estimate of drug-likeness (QED) is 0.422. The van der Waals surface area contributed by atoms with Gasteiger partial charge in [0.2, 0.25) is 0 Å². The highest BCUT2D eigenvalue weighted by molar-refractivity contribution is 9.10. The van der Waals surface area contributed by atoms with Gasteiger partial charge in [0.25, 0.3) is 11.8 Å². The second kappa shape index (κ2) is 6.99. The van der Waals surface area contributed by atoms with Gasteiger partial charge >= 0.3 is 0 Å². The van der Waals surface area contributed by atoms with Crippen molar-refractivity contribution >= 4 is 33.4 Å². The van der Waals surface area contributed by atoms with E-state index in [9.17, 15) is 9.59 Å². The average molecular weight is 463 g/mol. The van der Waals surface area contributed by atoms with Crippen molar-refractivity contribution in [2.24, 2.45) is 0 Å². The summed E-state index contributed by atoms with van der Waals surface area (Å²) in [7, 11) is 1.60. The van der Waals surface area contributed by atoms with Gasteiger partial charge in [0, 0.05) is 10.2 Å². The lowest BCUT2D eigenvalue weighted by atomic mass is 9.96. The van der Waals surface area contributed by atoms with E-state index in [0.717, 1.165) is 21.3 Å². The molecule has 0 aromatic heterocycles. The fourth-order valence-electron chi connectivity index (χ4n) is 4.39. The second-order valence-electron chi connectivity index (χ2n) is 7.46. The van der Waals surface area contributed by atoms with E-state index in [4.69, 9.17) is 4.74 Å². The van der Waals surface area contributed by atoms with Crippen molar-refractivity contribution in [1.82, 2.24) is 4.90 Å². The summed E-state index contributed by atoms with van der Waals surface area (Å²) >= 11 is 3.45. The number of carbonyl (C=O) groups is 2. The van der Waals surface area contributed by atoms with Crippen LogP contribution < -0.4 is 9.64 Å². The van der Waals surface area contributed by atoms with Gasteiger partial charge in [0.1, 0.15) is 11.8 Å². The van der Waals surface area contributed by atoms with Crippen molar-refractivity contribution in [3.8, 4) is 5.75 Å². The Morgan fingerprint density at radius 3 is 2.23 bits per heavy atom. The number of piperazine rings is 1. The number of ether oxygens (including phenoxy) is 1. The van der Waals surface area contributed by atoms with Crippen molar-refractivity contribution < 1.29 is 14.3 Å². The number of amides is 2. The highest BCUT2D eigenvalue weighted by atomic mass is 79.9. The lowest BCUT2D eigenvalue weighted by Gasteiger charge is -2.24. The topological polar surface area (TPSA) is 49.6 Å². The fraction of sp³-hybridized carbons (Fsp3) is 0.167. The summed E-state index contributed by atoms with van der Waals surface area (Å²) in [6.45, 7) is 0.279. The number of fused-ring (bicyclic) bond motifs is 1. The molecule has 0 aliphatic carbocycles. The maximum atomic E-state index is 13.7. The summed E-state index contributed by atoms with van der Waals surface area (Å²) in [5.74, 6) is 0.359. The smallest absolute Gasteiger partial charge is 0.262 e. The molecule has 30 heavy (non-hydrogen) atoms. The van der Waals surface area contributed by atoms with E-state index in [1.54, 1.807) is 7.11 Å². The van der Waals surface area contributed by atoms with E-state index in [0.29, 0.717) is 5.75 Å². The summed E-state index contributed by atoms with van der Waals surface area (Å²) in [6.07, 6.45) is 0. The number of anilines is 1. The zero-order valence-corrected chi connectivity index (χ0v) is 17.9. The molecule has 0 radical (unpaired) electrons. The average Bonchev–Trinajstić information content (AvgIpc) is 3.43. The number of nitrogens with zero attached hydrogens (tertiary/aromatic N) is 2. The summed E-state index contributed by atoms with van der Waals surface area (Å²) in [5, 5.41) is 0. The van der Waals surface area contributed by atoms with E-state index in [2.05, 4.69) is 15.9 Å². The van der Waals surface area contributed by atoms with Gasteiger partial charge in [-0.15, -0.1) is 0 Å². The molecule has 3 aromatic carbocycles. The molecule has 2 heterocycles. The Labute approximate surface area is 183 Å². The van der Waals surface area contributed by atoms with Crippen molar-refractivity contribution in [1.29, 1.82) is 0 Å². The normalized spacial score (nSPS) is 22.3. The van der Waals surface area contributed by atoms with Gasteiger partial charge in [-0.2, -0.15) is 0 Å². The molecule has 0 bridgehead atoms. The van der Waals surface area contributed by atoms with Gasteiger partial charge in [-0.3, -0.25) is 14.5 Å². The van der Waals surface area contributed by atoms with Crippen molar-refractivity contribution in [3.05, 3.63) is 94.5 Å². The minimum atomic E-state index is -1.01. The summed E-state index contributed by atoms with van der Waals surface area (Å²) in [5.41, 5.74) is 1.57. The van der Waals surface area contributed by atoms with Crippen LogP contribution in [-0.4, -0.2) is 29.9 Å². The van der Waals surface area contributed by atoms with Crippen molar-refractivity contribution in [2.45, 2.75) is 18.1 Å². The molecule has 2 atom stereocenters. The third-order valence-corrected chi connectivity index (χ3v) is 6.38. The van der Waals surface area contributed by atoms with Crippen molar-refractivity contribution in [3.63, 3.8) is 0 Å². The van der Waals surface area contributed by atoms with Crippen LogP contribution in [0.25, 0.3) is 0 Å². The van der Waals surface area contributed by atoms with Crippen LogP contribution in [-0.2, 0) is 21.7 Å². The highest BCUT2D eigenvalue weighted by Crippen LogP contribution is 2.58. The third kappa shape index (κ3) is 2.67.